The number of nitrogens with one attached hydrogen (secondary N) is 1. The maximum Gasteiger partial charge on any atom is 0.417 e. The molecule has 0 spiro atoms. The second kappa shape index (κ2) is 6.57. The van der Waals surface area contributed by atoms with Crippen molar-refractivity contribution in [3.05, 3.63) is 58.1 Å². The van der Waals surface area contributed by atoms with Crippen molar-refractivity contribution in [3.63, 3.8) is 0 Å². The molecule has 0 bridgehead atoms. The van der Waals surface area contributed by atoms with Gasteiger partial charge >= 0.3 is 6.09 Å². The van der Waals surface area contributed by atoms with E-state index in [0.717, 1.165) is 0 Å². The van der Waals surface area contributed by atoms with Crippen LogP contribution in [-0.2, 0) is 0 Å². The van der Waals surface area contributed by atoms with E-state index in [1.54, 1.807) is 43.3 Å². The molecule has 114 valence electrons. The third-order valence-electron chi connectivity index (χ3n) is 2.92. The van der Waals surface area contributed by atoms with E-state index in [9.17, 15) is 14.9 Å². The number of ether oxygens (including phenoxy) is 2. The van der Waals surface area contributed by atoms with Crippen molar-refractivity contribution in [2.24, 2.45) is 0 Å². The van der Waals surface area contributed by atoms with Crippen LogP contribution in [0.4, 0.5) is 16.2 Å². The van der Waals surface area contributed by atoms with Gasteiger partial charge in [-0.2, -0.15) is 0 Å². The van der Waals surface area contributed by atoms with Gasteiger partial charge in [-0.15, -0.1) is 0 Å². The summed E-state index contributed by atoms with van der Waals surface area (Å²) in [5.74, 6) is 0.664. The summed E-state index contributed by atoms with van der Waals surface area (Å²) in [6.07, 6.45) is -0.761. The molecule has 1 N–H and O–H groups in total. The van der Waals surface area contributed by atoms with Crippen LogP contribution in [-0.4, -0.2) is 18.1 Å². The van der Waals surface area contributed by atoms with E-state index < -0.39 is 11.0 Å². The number of carbonyl (C=O) groups is 1. The number of carbonyl (C=O) groups excluding carboxylic acids is 1. The zero-order chi connectivity index (χ0) is 16.1. The molecule has 0 saturated carbocycles. The highest BCUT2D eigenvalue weighted by atomic mass is 16.6. The lowest BCUT2D eigenvalue weighted by atomic mass is 10.2. The third-order valence-corrected chi connectivity index (χ3v) is 2.92. The summed E-state index contributed by atoms with van der Waals surface area (Å²) < 4.78 is 10.2. The van der Waals surface area contributed by atoms with Gasteiger partial charge in [-0.05, 0) is 25.1 Å². The van der Waals surface area contributed by atoms with Gasteiger partial charge in [-0.25, -0.2) is 4.79 Å². The van der Waals surface area contributed by atoms with Gasteiger partial charge in [0, 0.05) is 11.6 Å². The fraction of sp³-hybridized carbons (Fsp3) is 0.133. The lowest BCUT2D eigenvalue weighted by molar-refractivity contribution is -0.385. The number of benzene rings is 2. The minimum absolute atomic E-state index is 0.0740. The molecule has 2 aromatic carbocycles. The molecule has 0 heterocycles. The molecule has 0 fully saturated rings. The highest BCUT2D eigenvalue weighted by Crippen LogP contribution is 2.27. The monoisotopic (exact) mass is 302 g/mol. The Morgan fingerprint density at radius 1 is 1.18 bits per heavy atom. The van der Waals surface area contributed by atoms with Crippen molar-refractivity contribution in [3.8, 4) is 11.5 Å². The summed E-state index contributed by atoms with van der Waals surface area (Å²) in [6, 6.07) is 11.1. The molecular formula is C15H14N2O5. The largest absolute Gasteiger partial charge is 0.493 e. The first-order valence-corrected chi connectivity index (χ1v) is 6.38. The van der Waals surface area contributed by atoms with Crippen molar-refractivity contribution < 1.29 is 19.2 Å². The van der Waals surface area contributed by atoms with Crippen LogP contribution in [0.1, 0.15) is 5.56 Å². The van der Waals surface area contributed by atoms with Gasteiger partial charge in [0.2, 0.25) is 0 Å². The number of para-hydroxylation sites is 2. The average Bonchev–Trinajstić information content (AvgIpc) is 2.49. The summed E-state index contributed by atoms with van der Waals surface area (Å²) in [4.78, 5) is 22.2. The standard InChI is InChI=1S/C15H14N2O5/c1-10-7-8-11(9-12(10)17(19)20)16-15(18)22-14-6-4-3-5-13(14)21-2/h3-9H,1-2H3,(H,16,18). The van der Waals surface area contributed by atoms with Crippen LogP contribution < -0.4 is 14.8 Å². The fourth-order valence-corrected chi connectivity index (χ4v) is 1.83. The first-order chi connectivity index (χ1) is 10.5. The number of hydrogen-bond donors (Lipinski definition) is 1. The molecule has 0 radical (unpaired) electrons. The molecule has 0 atom stereocenters. The topological polar surface area (TPSA) is 90.7 Å². The Morgan fingerprint density at radius 2 is 1.86 bits per heavy atom. The number of hydrogen-bond acceptors (Lipinski definition) is 5. The number of rotatable bonds is 4. The van der Waals surface area contributed by atoms with Gasteiger partial charge < -0.3 is 9.47 Å². The molecule has 7 heteroatoms. The molecule has 0 aliphatic heterocycles. The van der Waals surface area contributed by atoms with Crippen molar-refractivity contribution >= 4 is 17.5 Å². The Balaban J connectivity index is 2.12. The minimum Gasteiger partial charge on any atom is -0.493 e. The number of nitrogens with zero attached hydrogens (tertiary/aromatic N) is 1. The molecule has 22 heavy (non-hydrogen) atoms. The van der Waals surface area contributed by atoms with E-state index in [0.29, 0.717) is 11.3 Å². The number of nitro groups is 1. The van der Waals surface area contributed by atoms with Gasteiger partial charge in [0.15, 0.2) is 11.5 Å². The van der Waals surface area contributed by atoms with Crippen LogP contribution in [0.2, 0.25) is 0 Å². The third kappa shape index (κ3) is 3.51. The van der Waals surface area contributed by atoms with Crippen LogP contribution in [0, 0.1) is 17.0 Å². The highest BCUT2D eigenvalue weighted by molar-refractivity contribution is 5.87. The predicted octanol–water partition coefficient (Wildman–Crippen LogP) is 3.52. The fourth-order valence-electron chi connectivity index (χ4n) is 1.83. The zero-order valence-corrected chi connectivity index (χ0v) is 12.0. The van der Waals surface area contributed by atoms with Crippen molar-refractivity contribution in [1.82, 2.24) is 0 Å². The SMILES string of the molecule is COc1ccccc1OC(=O)Nc1ccc(C)c([N+](=O)[O-])c1. The van der Waals surface area contributed by atoms with Crippen LogP contribution in [0.3, 0.4) is 0 Å². The Bertz CT molecular complexity index is 715. The number of nitro benzene ring substituents is 1. The van der Waals surface area contributed by atoms with Gasteiger partial charge in [0.05, 0.1) is 17.7 Å². The number of anilines is 1. The van der Waals surface area contributed by atoms with E-state index in [4.69, 9.17) is 9.47 Å². The van der Waals surface area contributed by atoms with Crippen LogP contribution in [0.15, 0.2) is 42.5 Å². The summed E-state index contributed by atoms with van der Waals surface area (Å²) >= 11 is 0. The minimum atomic E-state index is -0.761. The molecule has 2 aromatic rings. The van der Waals surface area contributed by atoms with E-state index in [1.807, 2.05) is 0 Å². The van der Waals surface area contributed by atoms with E-state index in [-0.39, 0.29) is 17.1 Å². The van der Waals surface area contributed by atoms with Crippen LogP contribution in [0.5, 0.6) is 11.5 Å². The number of amides is 1. The van der Waals surface area contributed by atoms with E-state index in [1.165, 1.54) is 13.2 Å². The summed E-state index contributed by atoms with van der Waals surface area (Å²) in [5.41, 5.74) is 0.709. The lowest BCUT2D eigenvalue weighted by Crippen LogP contribution is -2.17. The normalized spacial score (nSPS) is 9.91. The number of aryl methyl sites for hydroxylation is 1. The maximum atomic E-state index is 11.9. The van der Waals surface area contributed by atoms with Crippen molar-refractivity contribution in [1.29, 1.82) is 0 Å². The van der Waals surface area contributed by atoms with Gasteiger partial charge in [0.25, 0.3) is 5.69 Å². The Morgan fingerprint density at radius 3 is 2.50 bits per heavy atom. The summed E-state index contributed by atoms with van der Waals surface area (Å²) in [7, 11) is 1.46. The predicted molar refractivity (Wildman–Crippen MR) is 80.5 cm³/mol. The second-order valence-electron chi connectivity index (χ2n) is 4.42. The Hall–Kier alpha value is -3.09. The Kier molecular flexibility index (Phi) is 4.57. The van der Waals surface area contributed by atoms with E-state index in [2.05, 4.69) is 5.32 Å². The molecule has 1 amide bonds. The Labute approximate surface area is 126 Å². The van der Waals surface area contributed by atoms with Crippen molar-refractivity contribution in [2.45, 2.75) is 6.92 Å². The molecule has 0 aliphatic carbocycles. The smallest absolute Gasteiger partial charge is 0.417 e. The molecule has 7 nitrogen and oxygen atoms in total. The highest BCUT2D eigenvalue weighted by Gasteiger charge is 2.14. The van der Waals surface area contributed by atoms with Gasteiger partial charge in [-0.3, -0.25) is 15.4 Å². The molecular weight excluding hydrogens is 288 g/mol. The summed E-state index contributed by atoms with van der Waals surface area (Å²) in [6.45, 7) is 1.62. The molecule has 0 aromatic heterocycles. The molecule has 2 rings (SSSR count). The van der Waals surface area contributed by atoms with Gasteiger partial charge in [-0.1, -0.05) is 18.2 Å². The molecule has 0 saturated heterocycles. The second-order valence-corrected chi connectivity index (χ2v) is 4.42. The van der Waals surface area contributed by atoms with Crippen LogP contribution >= 0.6 is 0 Å². The van der Waals surface area contributed by atoms with Gasteiger partial charge in [0.1, 0.15) is 0 Å². The first kappa shape index (κ1) is 15.3. The maximum absolute atomic E-state index is 11.9. The lowest BCUT2D eigenvalue weighted by Gasteiger charge is -2.10. The van der Waals surface area contributed by atoms with Crippen LogP contribution in [0.25, 0.3) is 0 Å². The van der Waals surface area contributed by atoms with E-state index >= 15 is 0 Å². The molecule has 0 unspecified atom stereocenters. The first-order valence-electron chi connectivity index (χ1n) is 6.38. The summed E-state index contributed by atoms with van der Waals surface area (Å²) in [5, 5.41) is 13.3. The number of methoxy groups -OCH3 is 1. The molecule has 0 aliphatic rings. The van der Waals surface area contributed by atoms with Crippen molar-refractivity contribution in [2.75, 3.05) is 12.4 Å². The quantitative estimate of drug-likeness (QED) is 0.689. The average molecular weight is 302 g/mol. The zero-order valence-electron chi connectivity index (χ0n) is 12.0.